The zero-order valence-electron chi connectivity index (χ0n) is 10.3. The van der Waals surface area contributed by atoms with E-state index in [-0.39, 0.29) is 6.04 Å². The molecule has 2 rings (SSSR count). The summed E-state index contributed by atoms with van der Waals surface area (Å²) in [6.07, 6.45) is 1.81. The number of hydrogen-bond acceptors (Lipinski definition) is 2. The molecule has 0 aliphatic carbocycles. The number of benzene rings is 1. The maximum absolute atomic E-state index is 13.1. The van der Waals surface area contributed by atoms with Gasteiger partial charge in [0.1, 0.15) is 5.82 Å². The molecular formula is C14H13F3N2. The van der Waals surface area contributed by atoms with E-state index in [9.17, 15) is 13.2 Å². The van der Waals surface area contributed by atoms with Gasteiger partial charge in [0.15, 0.2) is 11.6 Å². The van der Waals surface area contributed by atoms with Gasteiger partial charge >= 0.3 is 0 Å². The van der Waals surface area contributed by atoms with E-state index >= 15 is 0 Å². The summed E-state index contributed by atoms with van der Waals surface area (Å²) in [5.74, 6) is -2.21. The highest BCUT2D eigenvalue weighted by Gasteiger charge is 2.12. The summed E-state index contributed by atoms with van der Waals surface area (Å²) in [5.41, 5.74) is 1.10. The van der Waals surface area contributed by atoms with E-state index in [2.05, 4.69) is 10.3 Å². The fourth-order valence-corrected chi connectivity index (χ4v) is 1.77. The van der Waals surface area contributed by atoms with Crippen molar-refractivity contribution in [2.75, 3.05) is 5.32 Å². The van der Waals surface area contributed by atoms with Crippen LogP contribution in [0.3, 0.4) is 0 Å². The van der Waals surface area contributed by atoms with Gasteiger partial charge in [-0.25, -0.2) is 13.2 Å². The molecule has 0 aliphatic rings. The van der Waals surface area contributed by atoms with Gasteiger partial charge in [0.2, 0.25) is 0 Å². The molecule has 2 nitrogen and oxygen atoms in total. The molecule has 1 aromatic carbocycles. The van der Waals surface area contributed by atoms with Gasteiger partial charge in [0, 0.05) is 11.8 Å². The normalized spacial score (nSPS) is 12.2. The number of aromatic nitrogens is 1. The minimum atomic E-state index is -0.910. The lowest BCUT2D eigenvalue weighted by molar-refractivity contribution is 0.508. The molecule has 0 aliphatic heterocycles. The van der Waals surface area contributed by atoms with Gasteiger partial charge in [-0.3, -0.25) is 4.98 Å². The van der Waals surface area contributed by atoms with E-state index < -0.39 is 17.5 Å². The van der Waals surface area contributed by atoms with Crippen LogP contribution in [0.5, 0.6) is 0 Å². The first-order valence-electron chi connectivity index (χ1n) is 5.93. The van der Waals surface area contributed by atoms with Crippen LogP contribution in [0, 0.1) is 17.5 Å². The molecule has 0 saturated carbocycles. The van der Waals surface area contributed by atoms with Crippen molar-refractivity contribution in [3.05, 3.63) is 59.7 Å². The van der Waals surface area contributed by atoms with Crippen LogP contribution in [-0.2, 0) is 0 Å². The van der Waals surface area contributed by atoms with Gasteiger partial charge in [-0.2, -0.15) is 0 Å². The summed E-state index contributed by atoms with van der Waals surface area (Å²) in [6, 6.07) is 6.29. The number of rotatable bonds is 4. The predicted molar refractivity (Wildman–Crippen MR) is 67.2 cm³/mol. The van der Waals surface area contributed by atoms with Crippen molar-refractivity contribution in [3.63, 3.8) is 0 Å². The first-order valence-corrected chi connectivity index (χ1v) is 5.93. The largest absolute Gasteiger partial charge is 0.377 e. The smallest absolute Gasteiger partial charge is 0.160 e. The molecule has 19 heavy (non-hydrogen) atoms. The Kier molecular flexibility index (Phi) is 4.04. The highest BCUT2D eigenvalue weighted by Crippen LogP contribution is 2.22. The molecule has 1 heterocycles. The van der Waals surface area contributed by atoms with Crippen LogP contribution in [0.15, 0.2) is 36.5 Å². The van der Waals surface area contributed by atoms with Crippen LogP contribution >= 0.6 is 0 Å². The fraction of sp³-hybridized carbons (Fsp3) is 0.214. The van der Waals surface area contributed by atoms with E-state index in [1.165, 1.54) is 12.1 Å². The summed E-state index contributed by atoms with van der Waals surface area (Å²) in [6.45, 7) is 1.92. The average molecular weight is 266 g/mol. The van der Waals surface area contributed by atoms with E-state index in [0.29, 0.717) is 17.8 Å². The van der Waals surface area contributed by atoms with E-state index in [0.717, 1.165) is 18.3 Å². The van der Waals surface area contributed by atoms with Gasteiger partial charge < -0.3 is 5.32 Å². The molecule has 0 spiro atoms. The van der Waals surface area contributed by atoms with Gasteiger partial charge in [0.25, 0.3) is 0 Å². The van der Waals surface area contributed by atoms with Crippen LogP contribution in [0.4, 0.5) is 18.9 Å². The van der Waals surface area contributed by atoms with Crippen molar-refractivity contribution in [1.82, 2.24) is 4.98 Å². The fourth-order valence-electron chi connectivity index (χ4n) is 1.77. The van der Waals surface area contributed by atoms with Crippen molar-refractivity contribution < 1.29 is 13.2 Å². The molecule has 1 aromatic heterocycles. The maximum atomic E-state index is 13.1. The van der Waals surface area contributed by atoms with Crippen LogP contribution in [0.1, 0.15) is 25.1 Å². The van der Waals surface area contributed by atoms with Crippen LogP contribution < -0.4 is 5.32 Å². The van der Waals surface area contributed by atoms with Crippen molar-refractivity contribution in [1.29, 1.82) is 0 Å². The molecule has 0 amide bonds. The van der Waals surface area contributed by atoms with Crippen LogP contribution in [0.2, 0.25) is 0 Å². The first kappa shape index (κ1) is 13.4. The van der Waals surface area contributed by atoms with E-state index in [1.807, 2.05) is 6.92 Å². The highest BCUT2D eigenvalue weighted by atomic mass is 19.2. The molecule has 2 aromatic rings. The van der Waals surface area contributed by atoms with Crippen molar-refractivity contribution in [2.45, 2.75) is 19.4 Å². The Labute approximate surface area is 109 Å². The Morgan fingerprint density at radius 2 is 1.89 bits per heavy atom. The monoisotopic (exact) mass is 266 g/mol. The quantitative estimate of drug-likeness (QED) is 0.902. The Hall–Kier alpha value is -2.04. The lowest BCUT2D eigenvalue weighted by Crippen LogP contribution is -2.11. The Bertz CT molecular complexity index is 555. The lowest BCUT2D eigenvalue weighted by Gasteiger charge is -2.17. The molecule has 1 N–H and O–H groups in total. The minimum absolute atomic E-state index is 0.189. The van der Waals surface area contributed by atoms with Gasteiger partial charge in [-0.05, 0) is 30.7 Å². The first-order chi connectivity index (χ1) is 9.10. The molecule has 100 valence electrons. The summed E-state index contributed by atoms with van der Waals surface area (Å²) in [5, 5.41) is 3.04. The summed E-state index contributed by atoms with van der Waals surface area (Å²) in [7, 11) is 0. The molecular weight excluding hydrogens is 253 g/mol. The number of anilines is 1. The lowest BCUT2D eigenvalue weighted by atomic mass is 10.1. The number of pyridine rings is 1. The number of nitrogens with zero attached hydrogens (tertiary/aromatic N) is 1. The number of nitrogens with one attached hydrogen (secondary N) is 1. The van der Waals surface area contributed by atoms with E-state index in [1.54, 1.807) is 6.07 Å². The van der Waals surface area contributed by atoms with Crippen molar-refractivity contribution >= 4 is 5.69 Å². The number of halogens is 3. The zero-order chi connectivity index (χ0) is 13.8. The molecule has 0 bridgehead atoms. The second kappa shape index (κ2) is 5.73. The third-order valence-electron chi connectivity index (χ3n) is 2.78. The standard InChI is InChI=1S/C14H13F3N2/c1-2-13(14-6-3-9(15)8-18-14)19-10-4-5-11(16)12(17)7-10/h3-8,13,19H,2H2,1H3. The third kappa shape index (κ3) is 3.24. The van der Waals surface area contributed by atoms with Gasteiger partial charge in [-0.15, -0.1) is 0 Å². The second-order valence-corrected chi connectivity index (χ2v) is 4.14. The molecule has 0 saturated heterocycles. The molecule has 0 radical (unpaired) electrons. The third-order valence-corrected chi connectivity index (χ3v) is 2.78. The highest BCUT2D eigenvalue weighted by molar-refractivity contribution is 5.45. The van der Waals surface area contributed by atoms with Gasteiger partial charge in [0.05, 0.1) is 17.9 Å². The summed E-state index contributed by atoms with van der Waals surface area (Å²) < 4.78 is 38.7. The van der Waals surface area contributed by atoms with Crippen LogP contribution in [-0.4, -0.2) is 4.98 Å². The topological polar surface area (TPSA) is 24.9 Å². The Morgan fingerprint density at radius 1 is 1.11 bits per heavy atom. The van der Waals surface area contributed by atoms with Crippen molar-refractivity contribution in [2.24, 2.45) is 0 Å². The Morgan fingerprint density at radius 3 is 2.47 bits per heavy atom. The second-order valence-electron chi connectivity index (χ2n) is 4.14. The molecule has 1 atom stereocenters. The molecule has 5 heteroatoms. The van der Waals surface area contributed by atoms with Crippen LogP contribution in [0.25, 0.3) is 0 Å². The SMILES string of the molecule is CCC(Nc1ccc(F)c(F)c1)c1ccc(F)cn1. The maximum Gasteiger partial charge on any atom is 0.160 e. The summed E-state index contributed by atoms with van der Waals surface area (Å²) >= 11 is 0. The average Bonchev–Trinajstić information content (AvgIpc) is 2.41. The predicted octanol–water partition coefficient (Wildman–Crippen LogP) is 4.06. The Balaban J connectivity index is 2.18. The molecule has 1 unspecified atom stereocenters. The van der Waals surface area contributed by atoms with Crippen molar-refractivity contribution in [3.8, 4) is 0 Å². The number of hydrogen-bond donors (Lipinski definition) is 1. The summed E-state index contributed by atoms with van der Waals surface area (Å²) in [4.78, 5) is 3.98. The van der Waals surface area contributed by atoms with E-state index in [4.69, 9.17) is 0 Å². The minimum Gasteiger partial charge on any atom is -0.377 e. The zero-order valence-corrected chi connectivity index (χ0v) is 10.3. The van der Waals surface area contributed by atoms with Gasteiger partial charge in [-0.1, -0.05) is 6.92 Å². The molecule has 0 fully saturated rings.